The van der Waals surface area contributed by atoms with Crippen LogP contribution in [0.5, 0.6) is 0 Å². The Morgan fingerprint density at radius 1 is 1.41 bits per heavy atom. The van der Waals surface area contributed by atoms with Crippen molar-refractivity contribution in [3.63, 3.8) is 0 Å². The molecule has 2 amide bonds. The molecule has 0 aromatic carbocycles. The lowest BCUT2D eigenvalue weighted by molar-refractivity contribution is -0.132. The third-order valence-electron chi connectivity index (χ3n) is 4.74. The van der Waals surface area contributed by atoms with Gasteiger partial charge < -0.3 is 14.8 Å². The van der Waals surface area contributed by atoms with Gasteiger partial charge in [0.1, 0.15) is 5.82 Å². The standard InChI is InChI=1S/C16H24N4O2/c1-2-14-17-7-9-19(14)8-6-15(21)20-10-12-4-3-5-13(11-20)18-16(12)22/h7,9,12-13H,2-6,8,10-11H2,1H3,(H,18,22)/t12-,13+/m0/s1. The molecule has 0 aliphatic carbocycles. The van der Waals surface area contributed by atoms with Gasteiger partial charge in [-0.1, -0.05) is 13.3 Å². The molecule has 0 radical (unpaired) electrons. The van der Waals surface area contributed by atoms with E-state index in [1.165, 1.54) is 0 Å². The molecule has 2 aliphatic rings. The lowest BCUT2D eigenvalue weighted by atomic mass is 9.99. The number of rotatable bonds is 4. The van der Waals surface area contributed by atoms with Crippen molar-refractivity contribution < 1.29 is 9.59 Å². The number of nitrogens with zero attached hydrogens (tertiary/aromatic N) is 3. The highest BCUT2D eigenvalue weighted by atomic mass is 16.2. The maximum Gasteiger partial charge on any atom is 0.225 e. The van der Waals surface area contributed by atoms with Gasteiger partial charge in [0.25, 0.3) is 0 Å². The average molecular weight is 304 g/mol. The highest BCUT2D eigenvalue weighted by Gasteiger charge is 2.34. The average Bonchev–Trinajstić information content (AvgIpc) is 2.80. The molecule has 1 aromatic rings. The fourth-order valence-corrected chi connectivity index (χ4v) is 3.49. The van der Waals surface area contributed by atoms with E-state index < -0.39 is 0 Å². The van der Waals surface area contributed by atoms with Gasteiger partial charge in [0.15, 0.2) is 0 Å². The Morgan fingerprint density at radius 3 is 3.09 bits per heavy atom. The summed E-state index contributed by atoms with van der Waals surface area (Å²) in [6.07, 6.45) is 7.99. The van der Waals surface area contributed by atoms with Gasteiger partial charge in [0.2, 0.25) is 11.8 Å². The number of nitrogens with one attached hydrogen (secondary N) is 1. The van der Waals surface area contributed by atoms with Crippen LogP contribution in [0.1, 0.15) is 38.4 Å². The minimum Gasteiger partial charge on any atom is -0.351 e. The van der Waals surface area contributed by atoms with Crippen molar-refractivity contribution in [1.29, 1.82) is 0 Å². The van der Waals surface area contributed by atoms with Crippen molar-refractivity contribution in [2.24, 2.45) is 5.92 Å². The molecule has 6 heteroatoms. The maximum atomic E-state index is 12.5. The number of aromatic nitrogens is 2. The monoisotopic (exact) mass is 304 g/mol. The molecule has 22 heavy (non-hydrogen) atoms. The van der Waals surface area contributed by atoms with E-state index in [9.17, 15) is 9.59 Å². The summed E-state index contributed by atoms with van der Waals surface area (Å²) in [5.41, 5.74) is 0. The van der Waals surface area contributed by atoms with E-state index in [4.69, 9.17) is 0 Å². The molecule has 0 spiro atoms. The van der Waals surface area contributed by atoms with Crippen LogP contribution in [0.15, 0.2) is 12.4 Å². The van der Waals surface area contributed by atoms with E-state index in [-0.39, 0.29) is 23.8 Å². The summed E-state index contributed by atoms with van der Waals surface area (Å²) in [5, 5.41) is 3.07. The molecule has 2 aliphatic heterocycles. The molecule has 120 valence electrons. The van der Waals surface area contributed by atoms with Crippen molar-refractivity contribution in [2.75, 3.05) is 13.1 Å². The summed E-state index contributed by atoms with van der Waals surface area (Å²) in [5.74, 6) is 1.25. The maximum absolute atomic E-state index is 12.5. The Balaban J connectivity index is 1.61. The van der Waals surface area contributed by atoms with Crippen LogP contribution in [-0.2, 0) is 22.6 Å². The Labute approximate surface area is 130 Å². The predicted molar refractivity (Wildman–Crippen MR) is 82.1 cm³/mol. The summed E-state index contributed by atoms with van der Waals surface area (Å²) in [4.78, 5) is 30.7. The second-order valence-electron chi connectivity index (χ2n) is 6.27. The molecule has 1 aromatic heterocycles. The van der Waals surface area contributed by atoms with Gasteiger partial charge in [-0.2, -0.15) is 0 Å². The number of hydrogen-bond acceptors (Lipinski definition) is 3. The number of aryl methyl sites for hydroxylation is 2. The lowest BCUT2D eigenvalue weighted by Gasteiger charge is -2.27. The molecule has 2 bridgehead atoms. The number of carbonyl (C=O) groups is 2. The summed E-state index contributed by atoms with van der Waals surface area (Å²) < 4.78 is 2.04. The first kappa shape index (κ1) is 15.1. The van der Waals surface area contributed by atoms with Gasteiger partial charge in [-0.3, -0.25) is 9.59 Å². The second-order valence-corrected chi connectivity index (χ2v) is 6.27. The van der Waals surface area contributed by atoms with Crippen molar-refractivity contribution >= 4 is 11.8 Å². The number of amides is 2. The van der Waals surface area contributed by atoms with E-state index >= 15 is 0 Å². The van der Waals surface area contributed by atoms with E-state index in [1.807, 2.05) is 15.7 Å². The predicted octanol–water partition coefficient (Wildman–Crippen LogP) is 0.963. The van der Waals surface area contributed by atoms with Gasteiger partial charge in [0, 0.05) is 50.9 Å². The largest absolute Gasteiger partial charge is 0.351 e. The van der Waals surface area contributed by atoms with E-state index in [0.29, 0.717) is 26.1 Å². The van der Waals surface area contributed by atoms with Gasteiger partial charge in [-0.05, 0) is 12.8 Å². The number of carbonyl (C=O) groups excluding carboxylic acids is 2. The van der Waals surface area contributed by atoms with Gasteiger partial charge in [-0.15, -0.1) is 0 Å². The van der Waals surface area contributed by atoms with Crippen molar-refractivity contribution in [1.82, 2.24) is 19.8 Å². The van der Waals surface area contributed by atoms with E-state index in [1.54, 1.807) is 6.20 Å². The summed E-state index contributed by atoms with van der Waals surface area (Å²) >= 11 is 0. The van der Waals surface area contributed by atoms with Crippen LogP contribution in [0.3, 0.4) is 0 Å². The molecule has 1 N–H and O–H groups in total. The van der Waals surface area contributed by atoms with Crippen LogP contribution < -0.4 is 5.32 Å². The summed E-state index contributed by atoms with van der Waals surface area (Å²) in [6, 6.07) is 0.128. The molecule has 0 saturated carbocycles. The minimum atomic E-state index is -0.0316. The number of imidazole rings is 1. The zero-order chi connectivity index (χ0) is 15.5. The van der Waals surface area contributed by atoms with Crippen molar-refractivity contribution in [3.05, 3.63) is 18.2 Å². The number of likely N-dealkylation sites (tertiary alicyclic amines) is 1. The SMILES string of the molecule is CCc1nccn1CCC(=O)N1C[C@H]2CCC[C@@H](C1)C(=O)N2. The van der Waals surface area contributed by atoms with Gasteiger partial charge in [0.05, 0.1) is 5.92 Å². The molecule has 3 heterocycles. The third kappa shape index (κ3) is 3.15. The van der Waals surface area contributed by atoms with Gasteiger partial charge >= 0.3 is 0 Å². The van der Waals surface area contributed by atoms with Crippen molar-refractivity contribution in [3.8, 4) is 0 Å². The topological polar surface area (TPSA) is 67.2 Å². The van der Waals surface area contributed by atoms with Crippen LogP contribution in [0.4, 0.5) is 0 Å². The van der Waals surface area contributed by atoms with Crippen LogP contribution >= 0.6 is 0 Å². The molecule has 2 fully saturated rings. The highest BCUT2D eigenvalue weighted by molar-refractivity contribution is 5.82. The Kier molecular flexibility index (Phi) is 4.45. The molecular formula is C16H24N4O2. The normalized spacial score (nSPS) is 24.8. The molecule has 0 unspecified atom stereocenters. The molecule has 3 rings (SSSR count). The molecule has 2 saturated heterocycles. The quantitative estimate of drug-likeness (QED) is 0.901. The second kappa shape index (κ2) is 6.50. The van der Waals surface area contributed by atoms with Gasteiger partial charge in [-0.25, -0.2) is 4.98 Å². The van der Waals surface area contributed by atoms with Crippen LogP contribution in [-0.4, -0.2) is 45.4 Å². The highest BCUT2D eigenvalue weighted by Crippen LogP contribution is 2.22. The Bertz CT molecular complexity index is 554. The smallest absolute Gasteiger partial charge is 0.225 e. The molecule has 2 atom stereocenters. The van der Waals surface area contributed by atoms with Crippen molar-refractivity contribution in [2.45, 2.75) is 51.6 Å². The summed E-state index contributed by atoms with van der Waals surface area (Å²) in [6.45, 7) is 3.96. The zero-order valence-corrected chi connectivity index (χ0v) is 13.1. The first-order valence-electron chi connectivity index (χ1n) is 8.25. The summed E-state index contributed by atoms with van der Waals surface area (Å²) in [7, 11) is 0. The first-order chi connectivity index (χ1) is 10.7. The van der Waals surface area contributed by atoms with E-state index in [2.05, 4.69) is 17.2 Å². The zero-order valence-electron chi connectivity index (χ0n) is 13.1. The Hall–Kier alpha value is -1.85. The number of fused-ring (bicyclic) bond motifs is 3. The minimum absolute atomic E-state index is 0.0316. The van der Waals surface area contributed by atoms with Crippen LogP contribution in [0.25, 0.3) is 0 Å². The fourth-order valence-electron chi connectivity index (χ4n) is 3.49. The first-order valence-corrected chi connectivity index (χ1v) is 8.25. The number of hydrogen-bond donors (Lipinski definition) is 1. The van der Waals surface area contributed by atoms with E-state index in [0.717, 1.165) is 31.5 Å². The molecule has 6 nitrogen and oxygen atoms in total. The lowest BCUT2D eigenvalue weighted by Crippen LogP contribution is -2.41. The molecular weight excluding hydrogens is 280 g/mol. The van der Waals surface area contributed by atoms with Crippen LogP contribution in [0, 0.1) is 5.92 Å². The Morgan fingerprint density at radius 2 is 2.27 bits per heavy atom. The fraction of sp³-hybridized carbons (Fsp3) is 0.688. The van der Waals surface area contributed by atoms with Crippen LogP contribution in [0.2, 0.25) is 0 Å². The third-order valence-corrected chi connectivity index (χ3v) is 4.74.